The smallest absolute Gasteiger partial charge is 0.227 e. The van der Waals surface area contributed by atoms with Gasteiger partial charge in [0, 0.05) is 12.6 Å². The van der Waals surface area contributed by atoms with E-state index < -0.39 is 0 Å². The van der Waals surface area contributed by atoms with Gasteiger partial charge in [-0.1, -0.05) is 42.5 Å². The van der Waals surface area contributed by atoms with Crippen molar-refractivity contribution in [1.82, 2.24) is 5.32 Å². The Morgan fingerprint density at radius 3 is 2.69 bits per heavy atom. The number of benzene rings is 1. The van der Waals surface area contributed by atoms with Crippen molar-refractivity contribution in [3.8, 4) is 0 Å². The Labute approximate surface area is 95.3 Å². The third-order valence-corrected chi connectivity index (χ3v) is 2.76. The molecular formula is C13H16N2O. The molecule has 2 unspecified atom stereocenters. The summed E-state index contributed by atoms with van der Waals surface area (Å²) in [5.74, 6) is 0.00626. The zero-order valence-electron chi connectivity index (χ0n) is 9.10. The van der Waals surface area contributed by atoms with Crippen LogP contribution in [0.2, 0.25) is 0 Å². The number of nitrogens with two attached hydrogens (primary N) is 1. The van der Waals surface area contributed by atoms with Gasteiger partial charge in [-0.3, -0.25) is 4.79 Å². The first kappa shape index (κ1) is 10.9. The van der Waals surface area contributed by atoms with Gasteiger partial charge in [0.2, 0.25) is 5.91 Å². The number of nitrogens with one attached hydrogen (secondary N) is 1. The molecule has 0 spiro atoms. The molecule has 0 saturated heterocycles. The van der Waals surface area contributed by atoms with Crippen LogP contribution in [0, 0.1) is 5.92 Å². The third kappa shape index (κ3) is 2.70. The van der Waals surface area contributed by atoms with Crippen molar-refractivity contribution < 1.29 is 4.79 Å². The molecule has 0 bridgehead atoms. The minimum absolute atomic E-state index is 0.0347. The van der Waals surface area contributed by atoms with Crippen LogP contribution in [0.1, 0.15) is 12.0 Å². The average molecular weight is 216 g/mol. The predicted octanol–water partition coefficient (Wildman–Crippen LogP) is 1.21. The summed E-state index contributed by atoms with van der Waals surface area (Å²) in [4.78, 5) is 11.7. The Bertz CT molecular complexity index is 386. The molecule has 0 aromatic heterocycles. The summed E-state index contributed by atoms with van der Waals surface area (Å²) in [5.41, 5.74) is 6.82. The Kier molecular flexibility index (Phi) is 3.37. The van der Waals surface area contributed by atoms with Crippen LogP contribution in [0.15, 0.2) is 42.5 Å². The van der Waals surface area contributed by atoms with E-state index in [0.717, 1.165) is 12.0 Å². The summed E-state index contributed by atoms with van der Waals surface area (Å²) >= 11 is 0. The van der Waals surface area contributed by atoms with Gasteiger partial charge in [-0.05, 0) is 12.0 Å². The first-order valence-corrected chi connectivity index (χ1v) is 5.51. The number of hydrogen-bond acceptors (Lipinski definition) is 2. The molecule has 1 aromatic rings. The number of hydrogen-bond donors (Lipinski definition) is 2. The maximum absolute atomic E-state index is 11.7. The lowest BCUT2D eigenvalue weighted by Gasteiger charge is -2.10. The van der Waals surface area contributed by atoms with Crippen molar-refractivity contribution in [3.63, 3.8) is 0 Å². The molecule has 16 heavy (non-hydrogen) atoms. The number of rotatable bonds is 3. The second-order valence-corrected chi connectivity index (χ2v) is 4.09. The summed E-state index contributed by atoms with van der Waals surface area (Å²) in [6.45, 7) is 0.583. The van der Waals surface area contributed by atoms with E-state index in [9.17, 15) is 4.79 Å². The Morgan fingerprint density at radius 1 is 1.31 bits per heavy atom. The Hall–Kier alpha value is -1.61. The average Bonchev–Trinajstić information content (AvgIpc) is 2.74. The second kappa shape index (κ2) is 4.94. The van der Waals surface area contributed by atoms with Crippen molar-refractivity contribution in [3.05, 3.63) is 48.0 Å². The maximum atomic E-state index is 11.7. The minimum atomic E-state index is -0.0567. The first-order chi connectivity index (χ1) is 7.75. The van der Waals surface area contributed by atoms with Gasteiger partial charge in [0.1, 0.15) is 0 Å². The van der Waals surface area contributed by atoms with Crippen LogP contribution in [0.4, 0.5) is 0 Å². The lowest BCUT2D eigenvalue weighted by Crippen LogP contribution is -2.30. The van der Waals surface area contributed by atoms with Crippen LogP contribution >= 0.6 is 0 Å². The SMILES string of the molecule is NC1C=CC(C(=O)NCc2ccccc2)C1. The molecule has 3 nitrogen and oxygen atoms in total. The quantitative estimate of drug-likeness (QED) is 0.746. The van der Waals surface area contributed by atoms with Gasteiger partial charge >= 0.3 is 0 Å². The molecule has 2 atom stereocenters. The number of carbonyl (C=O) groups excluding carboxylic acids is 1. The van der Waals surface area contributed by atoms with Gasteiger partial charge < -0.3 is 11.1 Å². The van der Waals surface area contributed by atoms with Crippen LogP contribution < -0.4 is 11.1 Å². The Balaban J connectivity index is 1.83. The summed E-state index contributed by atoms with van der Waals surface area (Å²) in [6.07, 6.45) is 4.51. The van der Waals surface area contributed by atoms with E-state index in [-0.39, 0.29) is 17.9 Å². The molecule has 0 saturated carbocycles. The highest BCUT2D eigenvalue weighted by Gasteiger charge is 2.21. The number of amides is 1. The van der Waals surface area contributed by atoms with Gasteiger partial charge in [-0.2, -0.15) is 0 Å². The van der Waals surface area contributed by atoms with Crippen LogP contribution in [0.5, 0.6) is 0 Å². The standard InChI is InChI=1S/C13H16N2O/c14-12-7-6-11(8-12)13(16)15-9-10-4-2-1-3-5-10/h1-7,11-12H,8-9,14H2,(H,15,16). The minimum Gasteiger partial charge on any atom is -0.352 e. The fourth-order valence-corrected chi connectivity index (χ4v) is 1.84. The molecule has 1 aliphatic carbocycles. The topological polar surface area (TPSA) is 55.1 Å². The molecule has 3 N–H and O–H groups in total. The van der Waals surface area contributed by atoms with Gasteiger partial charge in [-0.15, -0.1) is 0 Å². The van der Waals surface area contributed by atoms with Gasteiger partial charge in [-0.25, -0.2) is 0 Å². The van der Waals surface area contributed by atoms with E-state index >= 15 is 0 Å². The van der Waals surface area contributed by atoms with E-state index in [1.165, 1.54) is 0 Å². The maximum Gasteiger partial charge on any atom is 0.227 e. The van der Waals surface area contributed by atoms with Gasteiger partial charge in [0.25, 0.3) is 0 Å². The summed E-state index contributed by atoms with van der Waals surface area (Å²) in [7, 11) is 0. The second-order valence-electron chi connectivity index (χ2n) is 4.09. The first-order valence-electron chi connectivity index (χ1n) is 5.51. The van der Waals surface area contributed by atoms with Crippen molar-refractivity contribution in [2.24, 2.45) is 11.7 Å². The molecule has 1 aliphatic rings. The van der Waals surface area contributed by atoms with E-state index in [2.05, 4.69) is 5.32 Å². The van der Waals surface area contributed by atoms with Crippen LogP contribution in [-0.4, -0.2) is 11.9 Å². The Morgan fingerprint density at radius 2 is 2.06 bits per heavy atom. The van der Waals surface area contributed by atoms with E-state index in [0.29, 0.717) is 6.54 Å². The molecule has 1 amide bonds. The molecule has 0 aliphatic heterocycles. The third-order valence-electron chi connectivity index (χ3n) is 2.76. The van der Waals surface area contributed by atoms with E-state index in [1.807, 2.05) is 42.5 Å². The zero-order chi connectivity index (χ0) is 11.4. The summed E-state index contributed by atoms with van der Waals surface area (Å²) < 4.78 is 0. The van der Waals surface area contributed by atoms with E-state index in [4.69, 9.17) is 5.73 Å². The summed E-state index contributed by atoms with van der Waals surface area (Å²) in [6, 6.07) is 9.92. The highest BCUT2D eigenvalue weighted by molar-refractivity contribution is 5.81. The lowest BCUT2D eigenvalue weighted by atomic mass is 10.1. The molecule has 3 heteroatoms. The lowest BCUT2D eigenvalue weighted by molar-refractivity contribution is -0.123. The molecule has 84 valence electrons. The van der Waals surface area contributed by atoms with Crippen molar-refractivity contribution >= 4 is 5.91 Å². The molecule has 0 heterocycles. The van der Waals surface area contributed by atoms with Crippen LogP contribution in [-0.2, 0) is 11.3 Å². The molecule has 1 aromatic carbocycles. The highest BCUT2D eigenvalue weighted by atomic mass is 16.1. The monoisotopic (exact) mass is 216 g/mol. The van der Waals surface area contributed by atoms with Gasteiger partial charge in [0.05, 0.1) is 5.92 Å². The fourth-order valence-electron chi connectivity index (χ4n) is 1.84. The van der Waals surface area contributed by atoms with E-state index in [1.54, 1.807) is 0 Å². The molecular weight excluding hydrogens is 200 g/mol. The highest BCUT2D eigenvalue weighted by Crippen LogP contribution is 2.16. The zero-order valence-corrected chi connectivity index (χ0v) is 9.10. The van der Waals surface area contributed by atoms with Gasteiger partial charge in [0.15, 0.2) is 0 Å². The van der Waals surface area contributed by atoms with Crippen molar-refractivity contribution in [2.45, 2.75) is 19.0 Å². The molecule has 2 rings (SSSR count). The molecule has 0 radical (unpaired) electrons. The van der Waals surface area contributed by atoms with Crippen LogP contribution in [0.25, 0.3) is 0 Å². The van der Waals surface area contributed by atoms with Crippen molar-refractivity contribution in [1.29, 1.82) is 0 Å². The fraction of sp³-hybridized carbons (Fsp3) is 0.308. The molecule has 0 fully saturated rings. The van der Waals surface area contributed by atoms with Crippen molar-refractivity contribution in [2.75, 3.05) is 0 Å². The number of carbonyl (C=O) groups is 1. The summed E-state index contributed by atoms with van der Waals surface area (Å²) in [5, 5.41) is 2.92. The predicted molar refractivity (Wildman–Crippen MR) is 63.5 cm³/mol. The van der Waals surface area contributed by atoms with Crippen LogP contribution in [0.3, 0.4) is 0 Å². The largest absolute Gasteiger partial charge is 0.352 e. The normalized spacial score (nSPS) is 23.3.